The zero-order chi connectivity index (χ0) is 18.1. The molecule has 2 N–H and O–H groups in total. The number of urea groups is 1. The maximum absolute atomic E-state index is 12.7. The third-order valence-electron chi connectivity index (χ3n) is 5.02. The summed E-state index contributed by atoms with van der Waals surface area (Å²) in [6.07, 6.45) is 3.58. The van der Waals surface area contributed by atoms with Gasteiger partial charge in [0.2, 0.25) is 0 Å². The molecule has 1 saturated carbocycles. The first-order valence-electron chi connectivity index (χ1n) is 9.06. The topological polar surface area (TPSA) is 87.5 Å². The number of carbonyl (C=O) groups is 2. The van der Waals surface area contributed by atoms with Crippen LogP contribution in [-0.4, -0.2) is 44.9 Å². The molecule has 1 aliphatic carbocycles. The molecule has 2 aromatic rings. The molecular weight excluding hydrogens is 332 g/mol. The molecule has 0 spiro atoms. The SMILES string of the molecule is O=C(O)C1CCCN(C(=O)Nc2cc(C3CC3)nn2-c2ccccc2)C1. The molecular formula is C19H22N4O3. The molecule has 1 atom stereocenters. The number of carboxylic acids is 1. The van der Waals surface area contributed by atoms with E-state index in [0.717, 1.165) is 24.2 Å². The van der Waals surface area contributed by atoms with E-state index in [1.807, 2.05) is 36.4 Å². The van der Waals surface area contributed by atoms with Crippen LogP contribution < -0.4 is 5.32 Å². The second-order valence-electron chi connectivity index (χ2n) is 7.03. The molecule has 0 radical (unpaired) electrons. The summed E-state index contributed by atoms with van der Waals surface area (Å²) >= 11 is 0. The fourth-order valence-electron chi connectivity index (χ4n) is 3.38. The smallest absolute Gasteiger partial charge is 0.323 e. The minimum atomic E-state index is -0.840. The zero-order valence-corrected chi connectivity index (χ0v) is 14.5. The van der Waals surface area contributed by atoms with Crippen molar-refractivity contribution in [2.45, 2.75) is 31.6 Å². The number of piperidine rings is 1. The van der Waals surface area contributed by atoms with Gasteiger partial charge in [-0.05, 0) is 37.8 Å². The lowest BCUT2D eigenvalue weighted by Crippen LogP contribution is -2.44. The quantitative estimate of drug-likeness (QED) is 0.883. The summed E-state index contributed by atoms with van der Waals surface area (Å²) in [4.78, 5) is 25.5. The van der Waals surface area contributed by atoms with Crippen LogP contribution in [0.15, 0.2) is 36.4 Å². The molecule has 7 nitrogen and oxygen atoms in total. The number of nitrogens with zero attached hydrogens (tertiary/aromatic N) is 3. The van der Waals surface area contributed by atoms with Gasteiger partial charge < -0.3 is 10.0 Å². The standard InChI is InChI=1S/C19H22N4O3/c24-18(25)14-5-4-10-22(12-14)19(26)20-17-11-16(13-8-9-13)21-23(17)15-6-2-1-3-7-15/h1-3,6-7,11,13-14H,4-5,8-10,12H2,(H,20,26)(H,24,25). The number of hydrogen-bond donors (Lipinski definition) is 2. The third kappa shape index (κ3) is 3.42. The first-order chi connectivity index (χ1) is 12.6. The Kier molecular flexibility index (Phi) is 4.36. The van der Waals surface area contributed by atoms with E-state index < -0.39 is 11.9 Å². The van der Waals surface area contributed by atoms with Crippen molar-refractivity contribution in [3.8, 4) is 5.69 Å². The van der Waals surface area contributed by atoms with Crippen LogP contribution in [0.2, 0.25) is 0 Å². The van der Waals surface area contributed by atoms with Crippen LogP contribution in [0.5, 0.6) is 0 Å². The maximum Gasteiger partial charge on any atom is 0.323 e. The molecule has 2 aliphatic rings. The molecule has 1 saturated heterocycles. The van der Waals surface area contributed by atoms with Crippen LogP contribution in [0.3, 0.4) is 0 Å². The van der Waals surface area contributed by atoms with Crippen LogP contribution in [0.1, 0.15) is 37.3 Å². The molecule has 7 heteroatoms. The summed E-state index contributed by atoms with van der Waals surface area (Å²) in [6.45, 7) is 0.820. The van der Waals surface area contributed by atoms with E-state index in [0.29, 0.717) is 31.1 Å². The molecule has 2 fully saturated rings. The van der Waals surface area contributed by atoms with E-state index in [1.165, 1.54) is 0 Å². The Labute approximate surface area is 151 Å². The minimum Gasteiger partial charge on any atom is -0.481 e. The zero-order valence-electron chi connectivity index (χ0n) is 14.5. The van der Waals surface area contributed by atoms with Crippen molar-refractivity contribution in [2.24, 2.45) is 5.92 Å². The summed E-state index contributed by atoms with van der Waals surface area (Å²) in [5.41, 5.74) is 1.88. The molecule has 1 aliphatic heterocycles. The number of carbonyl (C=O) groups excluding carboxylic acids is 1. The highest BCUT2D eigenvalue weighted by molar-refractivity contribution is 5.89. The maximum atomic E-state index is 12.7. The Morgan fingerprint density at radius 2 is 1.92 bits per heavy atom. The van der Waals surface area contributed by atoms with Gasteiger partial charge in [0.15, 0.2) is 0 Å². The molecule has 1 unspecified atom stereocenters. The van der Waals surface area contributed by atoms with Crippen LogP contribution in [0, 0.1) is 5.92 Å². The largest absolute Gasteiger partial charge is 0.481 e. The van der Waals surface area contributed by atoms with Crippen molar-refractivity contribution >= 4 is 17.8 Å². The van der Waals surface area contributed by atoms with Gasteiger partial charge in [-0.3, -0.25) is 10.1 Å². The number of para-hydroxylation sites is 1. The first kappa shape index (κ1) is 16.6. The average molecular weight is 354 g/mol. The average Bonchev–Trinajstić information content (AvgIpc) is 3.43. The fraction of sp³-hybridized carbons (Fsp3) is 0.421. The van der Waals surface area contributed by atoms with Gasteiger partial charge in [0, 0.05) is 25.1 Å². The molecule has 4 rings (SSSR count). The van der Waals surface area contributed by atoms with E-state index in [-0.39, 0.29) is 12.6 Å². The van der Waals surface area contributed by atoms with Crippen molar-refractivity contribution in [3.05, 3.63) is 42.1 Å². The molecule has 1 aromatic carbocycles. The summed E-state index contributed by atoms with van der Waals surface area (Å²) in [7, 11) is 0. The lowest BCUT2D eigenvalue weighted by atomic mass is 9.99. The van der Waals surface area contributed by atoms with Gasteiger partial charge in [-0.2, -0.15) is 5.10 Å². The second-order valence-corrected chi connectivity index (χ2v) is 7.03. The number of carboxylic acid groups (broad SMARTS) is 1. The highest BCUT2D eigenvalue weighted by atomic mass is 16.4. The number of aliphatic carboxylic acids is 1. The molecule has 2 amide bonds. The van der Waals surface area contributed by atoms with Crippen molar-refractivity contribution in [2.75, 3.05) is 18.4 Å². The van der Waals surface area contributed by atoms with Crippen LogP contribution in [0.25, 0.3) is 5.69 Å². The van der Waals surface area contributed by atoms with Crippen LogP contribution >= 0.6 is 0 Å². The van der Waals surface area contributed by atoms with Gasteiger partial charge in [-0.15, -0.1) is 0 Å². The molecule has 2 heterocycles. The number of benzene rings is 1. The van der Waals surface area contributed by atoms with E-state index in [4.69, 9.17) is 0 Å². The third-order valence-corrected chi connectivity index (χ3v) is 5.02. The first-order valence-corrected chi connectivity index (χ1v) is 9.06. The van der Waals surface area contributed by atoms with Gasteiger partial charge in [-0.25, -0.2) is 9.48 Å². The molecule has 0 bridgehead atoms. The number of hydrogen-bond acceptors (Lipinski definition) is 3. The van der Waals surface area contributed by atoms with Crippen LogP contribution in [0.4, 0.5) is 10.6 Å². The molecule has 26 heavy (non-hydrogen) atoms. The minimum absolute atomic E-state index is 0.246. The number of nitrogens with one attached hydrogen (secondary N) is 1. The lowest BCUT2D eigenvalue weighted by Gasteiger charge is -2.30. The Morgan fingerprint density at radius 3 is 2.62 bits per heavy atom. The highest BCUT2D eigenvalue weighted by Gasteiger charge is 2.30. The van der Waals surface area contributed by atoms with Crippen molar-refractivity contribution in [3.63, 3.8) is 0 Å². The van der Waals surface area contributed by atoms with E-state index in [2.05, 4.69) is 10.4 Å². The Bertz CT molecular complexity index is 813. The number of amides is 2. The Balaban J connectivity index is 1.55. The predicted octanol–water partition coefficient (Wildman–Crippen LogP) is 3.08. The number of rotatable bonds is 4. The summed E-state index contributed by atoms with van der Waals surface area (Å²) in [5, 5.41) is 16.8. The summed E-state index contributed by atoms with van der Waals surface area (Å²) in [6, 6.07) is 11.4. The predicted molar refractivity (Wildman–Crippen MR) is 96.5 cm³/mol. The number of likely N-dealkylation sites (tertiary alicyclic amines) is 1. The summed E-state index contributed by atoms with van der Waals surface area (Å²) in [5.74, 6) is -0.231. The number of anilines is 1. The van der Waals surface area contributed by atoms with E-state index in [9.17, 15) is 14.7 Å². The summed E-state index contributed by atoms with van der Waals surface area (Å²) < 4.78 is 1.75. The fourth-order valence-corrected chi connectivity index (χ4v) is 3.38. The van der Waals surface area contributed by atoms with Crippen molar-refractivity contribution < 1.29 is 14.7 Å². The van der Waals surface area contributed by atoms with E-state index >= 15 is 0 Å². The van der Waals surface area contributed by atoms with Crippen LogP contribution in [-0.2, 0) is 4.79 Å². The normalized spacial score (nSPS) is 20.0. The lowest BCUT2D eigenvalue weighted by molar-refractivity contribution is -0.143. The highest BCUT2D eigenvalue weighted by Crippen LogP contribution is 2.40. The number of aromatic nitrogens is 2. The van der Waals surface area contributed by atoms with Gasteiger partial charge in [0.25, 0.3) is 0 Å². The van der Waals surface area contributed by atoms with Gasteiger partial charge in [-0.1, -0.05) is 18.2 Å². The molecule has 1 aromatic heterocycles. The van der Waals surface area contributed by atoms with Gasteiger partial charge >= 0.3 is 12.0 Å². The van der Waals surface area contributed by atoms with Crippen molar-refractivity contribution in [1.82, 2.24) is 14.7 Å². The monoisotopic (exact) mass is 354 g/mol. The second kappa shape index (κ2) is 6.82. The van der Waals surface area contributed by atoms with Gasteiger partial charge in [0.1, 0.15) is 5.82 Å². The Morgan fingerprint density at radius 1 is 1.15 bits per heavy atom. The van der Waals surface area contributed by atoms with Gasteiger partial charge in [0.05, 0.1) is 17.3 Å². The van der Waals surface area contributed by atoms with Crippen molar-refractivity contribution in [1.29, 1.82) is 0 Å². The Hall–Kier alpha value is -2.83. The van der Waals surface area contributed by atoms with E-state index in [1.54, 1.807) is 9.58 Å². The molecule has 136 valence electrons.